The average Bonchev–Trinajstić information content (AvgIpc) is 3.39. The molecule has 0 aliphatic carbocycles. The second kappa shape index (κ2) is 8.33. The molecule has 1 saturated heterocycles. The zero-order valence-corrected chi connectivity index (χ0v) is 18.5. The molecule has 0 radical (unpaired) electrons. The molecule has 7 heteroatoms. The van der Waals surface area contributed by atoms with Crippen molar-refractivity contribution in [2.24, 2.45) is 0 Å². The molecule has 0 N–H and O–H groups in total. The minimum Gasteiger partial charge on any atom is -0.486 e. The highest BCUT2D eigenvalue weighted by atomic mass is 16.6. The summed E-state index contributed by atoms with van der Waals surface area (Å²) >= 11 is 0. The number of hydrogen-bond acceptors (Lipinski definition) is 5. The van der Waals surface area contributed by atoms with Crippen LogP contribution in [0.4, 0.5) is 0 Å². The van der Waals surface area contributed by atoms with Crippen LogP contribution < -0.4 is 15.0 Å². The van der Waals surface area contributed by atoms with Gasteiger partial charge in [0.15, 0.2) is 17.2 Å². The number of carbonyl (C=O) groups excluding carboxylic acids is 1. The van der Waals surface area contributed by atoms with Gasteiger partial charge in [0, 0.05) is 11.9 Å². The van der Waals surface area contributed by atoms with Crippen LogP contribution in [0.2, 0.25) is 0 Å². The smallest absolute Gasteiger partial charge is 0.279 e. The van der Waals surface area contributed by atoms with E-state index in [1.807, 2.05) is 59.5 Å². The zero-order valence-electron chi connectivity index (χ0n) is 18.5. The Hall–Kier alpha value is -4.13. The van der Waals surface area contributed by atoms with Crippen LogP contribution >= 0.6 is 0 Å². The minimum atomic E-state index is -0.247. The lowest BCUT2D eigenvalue weighted by Gasteiger charge is -2.27. The van der Waals surface area contributed by atoms with Crippen molar-refractivity contribution in [1.82, 2.24) is 14.7 Å². The molecule has 7 nitrogen and oxygen atoms in total. The maximum Gasteiger partial charge on any atom is 0.279 e. The maximum atomic E-state index is 13.9. The van der Waals surface area contributed by atoms with Crippen molar-refractivity contribution < 1.29 is 14.3 Å². The molecule has 3 aromatic carbocycles. The monoisotopic (exact) mass is 453 g/mol. The first-order valence-corrected chi connectivity index (χ1v) is 11.5. The van der Waals surface area contributed by atoms with Crippen molar-refractivity contribution in [1.29, 1.82) is 0 Å². The van der Waals surface area contributed by atoms with E-state index in [0.29, 0.717) is 42.0 Å². The van der Waals surface area contributed by atoms with Crippen molar-refractivity contribution in [3.8, 4) is 17.2 Å². The van der Waals surface area contributed by atoms with Gasteiger partial charge >= 0.3 is 0 Å². The Labute approximate surface area is 196 Å². The Morgan fingerprint density at radius 1 is 0.882 bits per heavy atom. The summed E-state index contributed by atoms with van der Waals surface area (Å²) in [7, 11) is 0. The molecule has 1 atom stereocenters. The van der Waals surface area contributed by atoms with Crippen LogP contribution in [0.25, 0.3) is 16.5 Å². The van der Waals surface area contributed by atoms with Gasteiger partial charge in [0.1, 0.15) is 13.2 Å². The van der Waals surface area contributed by atoms with Gasteiger partial charge in [0.25, 0.3) is 11.5 Å². The number of para-hydroxylation sites is 1. The molecule has 4 aromatic rings. The number of aromatic nitrogens is 2. The lowest BCUT2D eigenvalue weighted by Crippen LogP contribution is -2.34. The van der Waals surface area contributed by atoms with E-state index in [0.717, 1.165) is 24.2 Å². The fourth-order valence-electron chi connectivity index (χ4n) is 4.85. The third kappa shape index (κ3) is 3.41. The highest BCUT2D eigenvalue weighted by molar-refractivity contribution is 6.05. The molecule has 170 valence electrons. The number of fused-ring (bicyclic) bond motifs is 2. The topological polar surface area (TPSA) is 73.7 Å². The van der Waals surface area contributed by atoms with Gasteiger partial charge < -0.3 is 14.4 Å². The minimum absolute atomic E-state index is 0.0963. The summed E-state index contributed by atoms with van der Waals surface area (Å²) in [5.41, 5.74) is 1.67. The van der Waals surface area contributed by atoms with Crippen molar-refractivity contribution in [2.45, 2.75) is 18.9 Å². The first-order valence-electron chi connectivity index (χ1n) is 11.5. The molecule has 0 bridgehead atoms. The molecule has 1 fully saturated rings. The largest absolute Gasteiger partial charge is 0.486 e. The Morgan fingerprint density at radius 3 is 2.44 bits per heavy atom. The molecule has 0 saturated carbocycles. The van der Waals surface area contributed by atoms with Gasteiger partial charge in [-0.15, -0.1) is 0 Å². The van der Waals surface area contributed by atoms with E-state index in [4.69, 9.17) is 9.47 Å². The van der Waals surface area contributed by atoms with Gasteiger partial charge in [-0.25, -0.2) is 0 Å². The molecule has 1 unspecified atom stereocenters. The molecular weight excluding hydrogens is 430 g/mol. The van der Waals surface area contributed by atoms with E-state index in [9.17, 15) is 9.59 Å². The van der Waals surface area contributed by atoms with Crippen LogP contribution in [0.1, 0.15) is 34.9 Å². The molecule has 0 spiro atoms. The van der Waals surface area contributed by atoms with Crippen LogP contribution in [-0.2, 0) is 0 Å². The average molecular weight is 453 g/mol. The third-order valence-corrected chi connectivity index (χ3v) is 6.47. The zero-order chi connectivity index (χ0) is 23.1. The van der Waals surface area contributed by atoms with Gasteiger partial charge in [-0.1, -0.05) is 42.5 Å². The van der Waals surface area contributed by atoms with E-state index in [1.54, 1.807) is 18.2 Å². The van der Waals surface area contributed by atoms with Crippen molar-refractivity contribution >= 4 is 16.7 Å². The summed E-state index contributed by atoms with van der Waals surface area (Å²) in [5.74, 6) is 1.26. The molecule has 3 heterocycles. The number of rotatable bonds is 3. The summed E-state index contributed by atoms with van der Waals surface area (Å²) < 4.78 is 12.7. The van der Waals surface area contributed by atoms with Crippen LogP contribution in [0.5, 0.6) is 11.5 Å². The molecule has 1 amide bonds. The van der Waals surface area contributed by atoms with Crippen LogP contribution in [0.15, 0.2) is 77.6 Å². The van der Waals surface area contributed by atoms with E-state index in [-0.39, 0.29) is 23.2 Å². The summed E-state index contributed by atoms with van der Waals surface area (Å²) in [5, 5.41) is 5.62. The first-order chi connectivity index (χ1) is 16.7. The first kappa shape index (κ1) is 20.5. The van der Waals surface area contributed by atoms with Gasteiger partial charge in [0.2, 0.25) is 0 Å². The summed E-state index contributed by atoms with van der Waals surface area (Å²) in [4.78, 5) is 29.0. The second-order valence-corrected chi connectivity index (χ2v) is 8.51. The molecular formula is C27H23N3O4. The number of likely N-dealkylation sites (tertiary alicyclic amines) is 1. The summed E-state index contributed by atoms with van der Waals surface area (Å²) in [6.07, 6.45) is 1.74. The molecule has 6 rings (SSSR count). The Balaban J connectivity index is 1.44. The maximum absolute atomic E-state index is 13.9. The molecule has 2 aliphatic heterocycles. The Kier molecular flexibility index (Phi) is 5.02. The lowest BCUT2D eigenvalue weighted by atomic mass is 10.0. The van der Waals surface area contributed by atoms with Crippen LogP contribution in [0.3, 0.4) is 0 Å². The van der Waals surface area contributed by atoms with Gasteiger partial charge in [-0.3, -0.25) is 9.59 Å². The number of nitrogens with zero attached hydrogens (tertiary/aromatic N) is 3. The van der Waals surface area contributed by atoms with E-state index in [1.165, 1.54) is 4.68 Å². The summed E-state index contributed by atoms with van der Waals surface area (Å²) in [6, 6.07) is 22.2. The fourth-order valence-corrected chi connectivity index (χ4v) is 4.85. The predicted molar refractivity (Wildman–Crippen MR) is 128 cm³/mol. The Morgan fingerprint density at radius 2 is 1.62 bits per heavy atom. The standard InChI is InChI=1S/C27H23N3O4/c31-26-21-10-5-4-9-20(21)25(28-30(26)19-7-2-1-3-8-19)27(32)29-14-6-11-22(29)18-12-13-23-24(17-18)34-16-15-33-23/h1-5,7-10,12-13,17,22H,6,11,14-16H2. The summed E-state index contributed by atoms with van der Waals surface area (Å²) in [6.45, 7) is 1.68. The third-order valence-electron chi connectivity index (χ3n) is 6.47. The van der Waals surface area contributed by atoms with Crippen molar-refractivity contribution in [3.05, 3.63) is 94.4 Å². The number of benzene rings is 3. The lowest BCUT2D eigenvalue weighted by molar-refractivity contribution is 0.0729. The van der Waals surface area contributed by atoms with E-state index < -0.39 is 0 Å². The molecule has 34 heavy (non-hydrogen) atoms. The fraction of sp³-hybridized carbons (Fsp3) is 0.222. The molecule has 1 aromatic heterocycles. The van der Waals surface area contributed by atoms with Crippen molar-refractivity contribution in [2.75, 3.05) is 19.8 Å². The predicted octanol–water partition coefficient (Wildman–Crippen LogP) is 4.13. The quantitative estimate of drug-likeness (QED) is 0.466. The van der Waals surface area contributed by atoms with Crippen molar-refractivity contribution in [3.63, 3.8) is 0 Å². The van der Waals surface area contributed by atoms with E-state index >= 15 is 0 Å². The SMILES string of the molecule is O=C(c1nn(-c2ccccc2)c(=O)c2ccccc12)N1CCCC1c1ccc2c(c1)OCCO2. The number of carbonyl (C=O) groups is 1. The number of amides is 1. The number of ether oxygens (including phenoxy) is 2. The molecule has 2 aliphatic rings. The normalized spacial score (nSPS) is 17.2. The van der Waals surface area contributed by atoms with Crippen LogP contribution in [-0.4, -0.2) is 40.3 Å². The Bertz CT molecular complexity index is 1450. The highest BCUT2D eigenvalue weighted by Gasteiger charge is 2.33. The highest BCUT2D eigenvalue weighted by Crippen LogP contribution is 2.38. The van der Waals surface area contributed by atoms with Gasteiger partial charge in [0.05, 0.1) is 17.1 Å². The van der Waals surface area contributed by atoms with Gasteiger partial charge in [-0.2, -0.15) is 9.78 Å². The van der Waals surface area contributed by atoms with Gasteiger partial charge in [-0.05, 0) is 48.7 Å². The number of hydrogen-bond donors (Lipinski definition) is 0. The van der Waals surface area contributed by atoms with E-state index in [2.05, 4.69) is 5.10 Å². The van der Waals surface area contributed by atoms with Crippen LogP contribution in [0, 0.1) is 0 Å². The second-order valence-electron chi connectivity index (χ2n) is 8.51.